The number of ether oxygens (including phenoxy) is 1. The summed E-state index contributed by atoms with van der Waals surface area (Å²) >= 11 is 0. The number of carbonyl (C=O) groups is 2. The normalized spacial score (nSPS) is 21.9. The SMILES string of the molecule is Cc1ccc(C(=O)C2CC3CCCC(C2)N3C(=O)OCC2c3ccccc3-c3ccccc32)c2ccccc12. The molecule has 2 fully saturated rings. The number of nitrogens with zero attached hydrogens (tertiary/aromatic N) is 1. The highest BCUT2D eigenvalue weighted by molar-refractivity contribution is 6.10. The molecule has 196 valence electrons. The fourth-order valence-electron chi connectivity index (χ4n) is 7.45. The zero-order valence-corrected chi connectivity index (χ0v) is 22.3. The molecule has 2 heterocycles. The maximum Gasteiger partial charge on any atom is 0.410 e. The Bertz CT molecular complexity index is 1530. The lowest BCUT2D eigenvalue weighted by atomic mass is 9.75. The molecule has 2 atom stereocenters. The van der Waals surface area contributed by atoms with Crippen molar-refractivity contribution >= 4 is 22.6 Å². The molecule has 2 bridgehead atoms. The minimum atomic E-state index is -0.224. The monoisotopic (exact) mass is 515 g/mol. The van der Waals surface area contributed by atoms with Gasteiger partial charge in [0.1, 0.15) is 6.61 Å². The molecule has 7 rings (SSSR count). The van der Waals surface area contributed by atoms with Crippen LogP contribution < -0.4 is 0 Å². The van der Waals surface area contributed by atoms with Gasteiger partial charge in [-0.2, -0.15) is 0 Å². The van der Waals surface area contributed by atoms with Crippen molar-refractivity contribution in [2.24, 2.45) is 5.92 Å². The number of rotatable bonds is 4. The van der Waals surface area contributed by atoms with Crippen LogP contribution in [0.25, 0.3) is 21.9 Å². The van der Waals surface area contributed by atoms with Crippen LogP contribution in [0.4, 0.5) is 4.79 Å². The Morgan fingerprint density at radius 1 is 0.769 bits per heavy atom. The number of Topliss-reactive ketones (excluding diaryl/α,β-unsaturated/α-hetero) is 1. The van der Waals surface area contributed by atoms with Gasteiger partial charge in [-0.3, -0.25) is 4.79 Å². The number of hydrogen-bond donors (Lipinski definition) is 0. The van der Waals surface area contributed by atoms with Gasteiger partial charge in [-0.05, 0) is 77.6 Å². The van der Waals surface area contributed by atoms with E-state index >= 15 is 0 Å². The first-order valence-electron chi connectivity index (χ1n) is 14.3. The Morgan fingerprint density at radius 2 is 1.36 bits per heavy atom. The molecule has 0 radical (unpaired) electrons. The van der Waals surface area contributed by atoms with Gasteiger partial charge in [0, 0.05) is 29.5 Å². The van der Waals surface area contributed by atoms with Crippen molar-refractivity contribution in [3.63, 3.8) is 0 Å². The van der Waals surface area contributed by atoms with Crippen LogP contribution in [-0.2, 0) is 4.74 Å². The summed E-state index contributed by atoms with van der Waals surface area (Å²) in [5.74, 6) is 0.203. The summed E-state index contributed by atoms with van der Waals surface area (Å²) in [7, 11) is 0. The summed E-state index contributed by atoms with van der Waals surface area (Å²) in [6, 6.07) is 29.2. The Hall–Kier alpha value is -3.92. The molecule has 1 amide bonds. The van der Waals surface area contributed by atoms with E-state index in [1.54, 1.807) is 0 Å². The first kappa shape index (κ1) is 24.1. The third kappa shape index (κ3) is 4.05. The maximum absolute atomic E-state index is 13.8. The molecule has 1 aliphatic carbocycles. The van der Waals surface area contributed by atoms with Crippen LogP contribution in [-0.4, -0.2) is 35.5 Å². The smallest absolute Gasteiger partial charge is 0.410 e. The van der Waals surface area contributed by atoms with Crippen molar-refractivity contribution in [1.82, 2.24) is 4.90 Å². The second-order valence-corrected chi connectivity index (χ2v) is 11.5. The fourth-order valence-corrected chi connectivity index (χ4v) is 7.45. The van der Waals surface area contributed by atoms with Crippen molar-refractivity contribution in [2.45, 2.75) is 57.0 Å². The number of hydrogen-bond acceptors (Lipinski definition) is 3. The first-order chi connectivity index (χ1) is 19.1. The number of aryl methyl sites for hydroxylation is 1. The van der Waals surface area contributed by atoms with Gasteiger partial charge in [0.15, 0.2) is 5.78 Å². The zero-order chi connectivity index (χ0) is 26.5. The fraction of sp³-hybridized carbons (Fsp3) is 0.314. The second kappa shape index (κ2) is 9.68. The minimum absolute atomic E-state index is 0.0510. The van der Waals surface area contributed by atoms with Crippen molar-refractivity contribution in [1.29, 1.82) is 0 Å². The lowest BCUT2D eigenvalue weighted by molar-refractivity contribution is 0.00654. The Balaban J connectivity index is 1.09. The Morgan fingerprint density at radius 3 is 2.03 bits per heavy atom. The van der Waals surface area contributed by atoms with E-state index in [4.69, 9.17) is 4.74 Å². The van der Waals surface area contributed by atoms with Crippen LogP contribution in [0.15, 0.2) is 84.9 Å². The lowest BCUT2D eigenvalue weighted by Crippen LogP contribution is -2.55. The van der Waals surface area contributed by atoms with Gasteiger partial charge >= 0.3 is 6.09 Å². The van der Waals surface area contributed by atoms with Gasteiger partial charge in [0.25, 0.3) is 0 Å². The molecule has 0 N–H and O–H groups in total. The van der Waals surface area contributed by atoms with Crippen LogP contribution in [0, 0.1) is 12.8 Å². The highest BCUT2D eigenvalue weighted by Gasteiger charge is 2.44. The van der Waals surface area contributed by atoms with Gasteiger partial charge in [-0.25, -0.2) is 4.79 Å². The number of amides is 1. The van der Waals surface area contributed by atoms with E-state index in [1.807, 2.05) is 23.1 Å². The average molecular weight is 516 g/mol. The van der Waals surface area contributed by atoms with E-state index in [-0.39, 0.29) is 35.8 Å². The number of ketones is 1. The molecule has 2 saturated heterocycles. The van der Waals surface area contributed by atoms with Crippen molar-refractivity contribution in [3.05, 3.63) is 107 Å². The highest BCUT2D eigenvalue weighted by atomic mass is 16.6. The standard InChI is InChI=1S/C35H33NO3/c1-22-17-18-32(27-12-3-2-11-26(22)27)34(37)23-19-24-9-8-10-25(20-23)36(24)35(38)39-21-33-30-15-6-4-13-28(30)29-14-5-7-16-31(29)33/h2-7,11-18,23-25,33H,8-10,19-21H2,1H3. The van der Waals surface area contributed by atoms with Crippen molar-refractivity contribution < 1.29 is 14.3 Å². The van der Waals surface area contributed by atoms with E-state index < -0.39 is 0 Å². The van der Waals surface area contributed by atoms with Crippen LogP contribution in [0.3, 0.4) is 0 Å². The molecule has 4 heteroatoms. The molecule has 39 heavy (non-hydrogen) atoms. The van der Waals surface area contributed by atoms with Gasteiger partial charge in [0.05, 0.1) is 0 Å². The zero-order valence-electron chi connectivity index (χ0n) is 22.3. The Labute approximate surface area is 229 Å². The highest BCUT2D eigenvalue weighted by Crippen LogP contribution is 2.45. The van der Waals surface area contributed by atoms with E-state index in [9.17, 15) is 9.59 Å². The largest absolute Gasteiger partial charge is 0.448 e. The molecule has 4 nitrogen and oxygen atoms in total. The molecular formula is C35H33NO3. The third-order valence-corrected chi connectivity index (χ3v) is 9.30. The molecule has 0 aromatic heterocycles. The van der Waals surface area contributed by atoms with Gasteiger partial charge in [0.2, 0.25) is 0 Å². The van der Waals surface area contributed by atoms with Gasteiger partial charge < -0.3 is 9.64 Å². The maximum atomic E-state index is 13.8. The van der Waals surface area contributed by atoms with E-state index in [2.05, 4.69) is 73.7 Å². The Kier molecular flexibility index (Phi) is 5.99. The predicted molar refractivity (Wildman–Crippen MR) is 154 cm³/mol. The first-order valence-corrected chi connectivity index (χ1v) is 14.3. The number of carbonyl (C=O) groups excluding carboxylic acids is 2. The predicted octanol–water partition coefficient (Wildman–Crippen LogP) is 7.91. The van der Waals surface area contributed by atoms with Crippen LogP contribution >= 0.6 is 0 Å². The quantitative estimate of drug-likeness (QED) is 0.259. The van der Waals surface area contributed by atoms with Gasteiger partial charge in [-0.15, -0.1) is 0 Å². The minimum Gasteiger partial charge on any atom is -0.448 e. The third-order valence-electron chi connectivity index (χ3n) is 9.30. The lowest BCUT2D eigenvalue weighted by Gasteiger charge is -2.47. The van der Waals surface area contributed by atoms with Crippen molar-refractivity contribution in [3.8, 4) is 11.1 Å². The summed E-state index contributed by atoms with van der Waals surface area (Å²) < 4.78 is 6.07. The summed E-state index contributed by atoms with van der Waals surface area (Å²) in [5, 5.41) is 2.17. The summed E-state index contributed by atoms with van der Waals surface area (Å²) in [5.41, 5.74) is 6.91. The molecule has 0 spiro atoms. The van der Waals surface area contributed by atoms with E-state index in [0.29, 0.717) is 19.4 Å². The molecular weight excluding hydrogens is 482 g/mol. The van der Waals surface area contributed by atoms with Crippen LogP contribution in [0.5, 0.6) is 0 Å². The number of benzene rings is 4. The summed E-state index contributed by atoms with van der Waals surface area (Å²) in [6.45, 7) is 2.42. The van der Waals surface area contributed by atoms with Crippen molar-refractivity contribution in [2.75, 3.05) is 6.61 Å². The molecule has 2 unspecified atom stereocenters. The molecule has 2 aliphatic heterocycles. The topological polar surface area (TPSA) is 46.6 Å². The van der Waals surface area contributed by atoms with Crippen LogP contribution in [0.1, 0.15) is 65.1 Å². The summed E-state index contributed by atoms with van der Waals surface area (Å²) in [4.78, 5) is 29.4. The average Bonchev–Trinajstić information content (AvgIpc) is 3.29. The molecule has 3 aliphatic rings. The molecule has 4 aromatic carbocycles. The van der Waals surface area contributed by atoms with Crippen LogP contribution in [0.2, 0.25) is 0 Å². The van der Waals surface area contributed by atoms with E-state index in [1.165, 1.54) is 27.8 Å². The number of piperidine rings is 2. The second-order valence-electron chi connectivity index (χ2n) is 11.5. The molecule has 4 aromatic rings. The number of fused-ring (bicyclic) bond motifs is 6. The van der Waals surface area contributed by atoms with E-state index in [0.717, 1.165) is 35.6 Å². The summed E-state index contributed by atoms with van der Waals surface area (Å²) in [6.07, 6.45) is 4.15. The molecule has 0 saturated carbocycles. The van der Waals surface area contributed by atoms with Gasteiger partial charge in [-0.1, -0.05) is 84.9 Å².